The Kier molecular flexibility index (Phi) is 2.18. The van der Waals surface area contributed by atoms with Gasteiger partial charge in [-0.1, -0.05) is 60.7 Å². The fourth-order valence-electron chi connectivity index (χ4n) is 3.51. The summed E-state index contributed by atoms with van der Waals surface area (Å²) in [6.45, 7) is 2.17. The molecule has 22 heavy (non-hydrogen) atoms. The van der Waals surface area contributed by atoms with Crippen LogP contribution in [0.2, 0.25) is 0 Å². The molecule has 0 saturated carbocycles. The van der Waals surface area contributed by atoms with Crippen LogP contribution < -0.4 is 0 Å². The van der Waals surface area contributed by atoms with Crippen LogP contribution in [0.4, 0.5) is 0 Å². The van der Waals surface area contributed by atoms with Crippen molar-refractivity contribution in [2.45, 2.75) is 6.92 Å². The minimum absolute atomic E-state index is 1.02. The Bertz CT molecular complexity index is 1120. The smallest absolute Gasteiger partial charge is 0.138 e. The zero-order valence-corrected chi connectivity index (χ0v) is 12.2. The summed E-state index contributed by atoms with van der Waals surface area (Å²) in [4.78, 5) is 4.90. The molecule has 0 N–H and O–H groups in total. The Morgan fingerprint density at radius 1 is 0.727 bits per heavy atom. The van der Waals surface area contributed by atoms with E-state index in [1.807, 2.05) is 6.07 Å². The molecular weight excluding hydrogens is 268 g/mol. The molecule has 2 aromatic carbocycles. The van der Waals surface area contributed by atoms with E-state index in [9.17, 15) is 0 Å². The lowest BCUT2D eigenvalue weighted by Gasteiger charge is -1.99. The third-order valence-electron chi connectivity index (χ3n) is 4.47. The number of hydrogen-bond acceptors (Lipinski definition) is 1. The van der Waals surface area contributed by atoms with Crippen molar-refractivity contribution in [1.82, 2.24) is 9.38 Å². The predicted octanol–water partition coefficient (Wildman–Crippen LogP) is 5.05. The molecule has 5 aromatic rings. The van der Waals surface area contributed by atoms with E-state index in [1.54, 1.807) is 0 Å². The van der Waals surface area contributed by atoms with Gasteiger partial charge in [-0.15, -0.1) is 0 Å². The number of benzene rings is 2. The number of pyridine rings is 1. The quantitative estimate of drug-likeness (QED) is 0.420. The molecule has 0 spiro atoms. The first kappa shape index (κ1) is 11.8. The van der Waals surface area contributed by atoms with Crippen molar-refractivity contribution in [2.24, 2.45) is 0 Å². The van der Waals surface area contributed by atoms with Crippen LogP contribution in [0.25, 0.3) is 38.7 Å². The van der Waals surface area contributed by atoms with Crippen LogP contribution in [0.15, 0.2) is 66.7 Å². The van der Waals surface area contributed by atoms with Gasteiger partial charge in [0, 0.05) is 16.3 Å². The number of aryl methyl sites for hydroxylation is 1. The lowest BCUT2D eigenvalue weighted by molar-refractivity contribution is 1.28. The van der Waals surface area contributed by atoms with E-state index in [2.05, 4.69) is 72.0 Å². The molecule has 2 nitrogen and oxygen atoms in total. The first-order valence-electron chi connectivity index (χ1n) is 7.52. The van der Waals surface area contributed by atoms with E-state index < -0.39 is 0 Å². The zero-order chi connectivity index (χ0) is 14.7. The van der Waals surface area contributed by atoms with E-state index >= 15 is 0 Å². The summed E-state index contributed by atoms with van der Waals surface area (Å²) >= 11 is 0. The van der Waals surface area contributed by atoms with Crippen molar-refractivity contribution in [3.05, 3.63) is 72.3 Å². The first-order valence-corrected chi connectivity index (χ1v) is 7.52. The second-order valence-corrected chi connectivity index (χ2v) is 5.78. The molecule has 0 atom stereocenters. The Morgan fingerprint density at radius 3 is 2.18 bits per heavy atom. The number of nitrogens with zero attached hydrogens (tertiary/aromatic N) is 2. The first-order chi connectivity index (χ1) is 10.8. The van der Waals surface area contributed by atoms with Crippen LogP contribution in [0, 0.1) is 6.92 Å². The van der Waals surface area contributed by atoms with Gasteiger partial charge in [-0.25, -0.2) is 4.98 Å². The van der Waals surface area contributed by atoms with Gasteiger partial charge >= 0.3 is 0 Å². The maximum atomic E-state index is 4.90. The molecule has 0 aliphatic carbocycles. The minimum Gasteiger partial charge on any atom is -0.291 e. The Balaban J connectivity index is 2.09. The van der Waals surface area contributed by atoms with Crippen LogP contribution in [-0.4, -0.2) is 9.38 Å². The highest BCUT2D eigenvalue weighted by Gasteiger charge is 2.19. The van der Waals surface area contributed by atoms with Crippen molar-refractivity contribution in [3.63, 3.8) is 0 Å². The highest BCUT2D eigenvalue weighted by Crippen LogP contribution is 2.37. The van der Waals surface area contributed by atoms with Gasteiger partial charge in [0.25, 0.3) is 0 Å². The van der Waals surface area contributed by atoms with Crippen LogP contribution in [0.1, 0.15) is 5.56 Å². The second-order valence-electron chi connectivity index (χ2n) is 5.78. The zero-order valence-electron chi connectivity index (χ0n) is 12.2. The number of rotatable bonds is 1. The Morgan fingerprint density at radius 2 is 1.41 bits per heavy atom. The maximum absolute atomic E-state index is 4.90. The molecule has 5 rings (SSSR count). The van der Waals surface area contributed by atoms with Gasteiger partial charge in [-0.2, -0.15) is 0 Å². The highest BCUT2D eigenvalue weighted by molar-refractivity contribution is 6.14. The summed E-state index contributed by atoms with van der Waals surface area (Å²) < 4.78 is 2.31. The van der Waals surface area contributed by atoms with Gasteiger partial charge in [0.05, 0.1) is 16.7 Å². The molecule has 0 bridgehead atoms. The highest BCUT2D eigenvalue weighted by atomic mass is 15.0. The predicted molar refractivity (Wildman–Crippen MR) is 91.6 cm³/mol. The summed E-state index contributed by atoms with van der Waals surface area (Å²) in [5.41, 5.74) is 7.04. The Labute approximate surface area is 128 Å². The summed E-state index contributed by atoms with van der Waals surface area (Å²) in [5.74, 6) is 0. The van der Waals surface area contributed by atoms with E-state index in [1.165, 1.54) is 32.9 Å². The molecule has 3 aromatic heterocycles. The Hall–Kier alpha value is -2.87. The molecule has 3 heterocycles. The SMILES string of the molecule is Cc1ccc2nc(-c3ccccc3)c3c4ccccc4c1n23. The van der Waals surface area contributed by atoms with Gasteiger partial charge in [-0.05, 0) is 18.6 Å². The number of imidazole rings is 1. The lowest BCUT2D eigenvalue weighted by atomic mass is 10.1. The van der Waals surface area contributed by atoms with Crippen molar-refractivity contribution >= 4 is 27.5 Å². The summed E-state index contributed by atoms with van der Waals surface area (Å²) in [6.07, 6.45) is 0. The number of aromatic nitrogens is 2. The number of hydrogen-bond donors (Lipinski definition) is 0. The minimum atomic E-state index is 1.02. The fraction of sp³-hybridized carbons (Fsp3) is 0.0500. The van der Waals surface area contributed by atoms with E-state index in [-0.39, 0.29) is 0 Å². The van der Waals surface area contributed by atoms with E-state index in [4.69, 9.17) is 4.98 Å². The summed E-state index contributed by atoms with van der Waals surface area (Å²) in [5, 5.41) is 2.58. The third kappa shape index (κ3) is 1.37. The van der Waals surface area contributed by atoms with Gasteiger partial charge in [0.2, 0.25) is 0 Å². The van der Waals surface area contributed by atoms with Crippen LogP contribution in [0.3, 0.4) is 0 Å². The third-order valence-corrected chi connectivity index (χ3v) is 4.47. The molecule has 104 valence electrons. The van der Waals surface area contributed by atoms with Crippen LogP contribution in [0.5, 0.6) is 0 Å². The molecule has 0 unspecified atom stereocenters. The monoisotopic (exact) mass is 282 g/mol. The van der Waals surface area contributed by atoms with Crippen LogP contribution >= 0.6 is 0 Å². The van der Waals surface area contributed by atoms with Crippen molar-refractivity contribution in [1.29, 1.82) is 0 Å². The van der Waals surface area contributed by atoms with Crippen molar-refractivity contribution in [2.75, 3.05) is 0 Å². The largest absolute Gasteiger partial charge is 0.291 e. The molecule has 0 saturated heterocycles. The van der Waals surface area contributed by atoms with Gasteiger partial charge < -0.3 is 0 Å². The normalized spacial score (nSPS) is 11.9. The topological polar surface area (TPSA) is 17.3 Å². The van der Waals surface area contributed by atoms with Crippen molar-refractivity contribution < 1.29 is 0 Å². The van der Waals surface area contributed by atoms with E-state index in [0.717, 1.165) is 11.3 Å². The lowest BCUT2D eigenvalue weighted by Crippen LogP contribution is -1.85. The average Bonchev–Trinajstić information content (AvgIpc) is 3.11. The molecule has 0 fully saturated rings. The average molecular weight is 282 g/mol. The molecular formula is C20H14N2. The number of fused-ring (bicyclic) bond motifs is 3. The summed E-state index contributed by atoms with van der Waals surface area (Å²) in [6, 6.07) is 23.3. The van der Waals surface area contributed by atoms with Crippen molar-refractivity contribution in [3.8, 4) is 11.3 Å². The summed E-state index contributed by atoms with van der Waals surface area (Å²) in [7, 11) is 0. The molecule has 0 aliphatic heterocycles. The molecule has 0 radical (unpaired) electrons. The molecule has 0 aliphatic rings. The molecule has 2 heteroatoms. The second kappa shape index (κ2) is 4.08. The van der Waals surface area contributed by atoms with E-state index in [0.29, 0.717) is 0 Å². The standard InChI is InChI=1S/C20H14N2/c1-13-11-12-17-21-18(14-7-3-2-4-8-14)20-16-10-6-5-9-15(16)19(13)22(17)20/h2-12H,1H3. The van der Waals surface area contributed by atoms with Gasteiger partial charge in [0.15, 0.2) is 0 Å². The fourth-order valence-corrected chi connectivity index (χ4v) is 3.51. The van der Waals surface area contributed by atoms with Gasteiger partial charge in [-0.3, -0.25) is 4.40 Å². The van der Waals surface area contributed by atoms with Crippen LogP contribution in [-0.2, 0) is 0 Å². The van der Waals surface area contributed by atoms with Gasteiger partial charge in [0.1, 0.15) is 5.65 Å². The maximum Gasteiger partial charge on any atom is 0.138 e. The molecule has 0 amide bonds.